The Balaban J connectivity index is 1.48. The molecule has 1 saturated heterocycles. The lowest BCUT2D eigenvalue weighted by atomic mass is 10.1. The van der Waals surface area contributed by atoms with E-state index in [4.69, 9.17) is 11.6 Å². The van der Waals surface area contributed by atoms with Crippen molar-refractivity contribution in [3.8, 4) is 0 Å². The van der Waals surface area contributed by atoms with Gasteiger partial charge in [-0.05, 0) is 50.2 Å². The normalized spacial score (nSPS) is 13.7. The van der Waals surface area contributed by atoms with Crippen molar-refractivity contribution < 1.29 is 9.59 Å². The number of nitrogens with one attached hydrogen (secondary N) is 1. The van der Waals surface area contributed by atoms with Gasteiger partial charge in [-0.2, -0.15) is 0 Å². The van der Waals surface area contributed by atoms with Gasteiger partial charge in [0.15, 0.2) is 0 Å². The Hall–Kier alpha value is -3.31. The Morgan fingerprint density at radius 3 is 2.19 bits per heavy atom. The molecule has 1 fully saturated rings. The fourth-order valence-corrected chi connectivity index (χ4v) is 4.22. The smallest absolute Gasteiger partial charge is 0.255 e. The number of amides is 2. The zero-order chi connectivity index (χ0) is 22.7. The molecule has 1 heterocycles. The average Bonchev–Trinajstić information content (AvgIpc) is 2.79. The molecular formula is C26H26ClN3O2. The van der Waals surface area contributed by atoms with Crippen LogP contribution >= 0.6 is 11.6 Å². The van der Waals surface area contributed by atoms with E-state index in [1.165, 1.54) is 0 Å². The fraction of sp³-hybridized carbons (Fsp3) is 0.231. The van der Waals surface area contributed by atoms with Gasteiger partial charge >= 0.3 is 0 Å². The monoisotopic (exact) mass is 447 g/mol. The number of carbonyl (C=O) groups is 2. The first kappa shape index (κ1) is 21.9. The molecule has 164 valence electrons. The predicted molar refractivity (Wildman–Crippen MR) is 130 cm³/mol. The molecule has 1 N–H and O–H groups in total. The van der Waals surface area contributed by atoms with Crippen LogP contribution < -0.4 is 10.2 Å². The van der Waals surface area contributed by atoms with Gasteiger partial charge < -0.3 is 15.1 Å². The van der Waals surface area contributed by atoms with Crippen molar-refractivity contribution >= 4 is 34.8 Å². The van der Waals surface area contributed by atoms with Crippen molar-refractivity contribution in [1.82, 2.24) is 4.90 Å². The van der Waals surface area contributed by atoms with Gasteiger partial charge in [-0.3, -0.25) is 9.59 Å². The minimum atomic E-state index is -0.176. The molecule has 0 bridgehead atoms. The van der Waals surface area contributed by atoms with Gasteiger partial charge in [-0.1, -0.05) is 53.1 Å². The number of halogens is 1. The summed E-state index contributed by atoms with van der Waals surface area (Å²) in [6.07, 6.45) is 0. The van der Waals surface area contributed by atoms with Gasteiger partial charge in [0.1, 0.15) is 0 Å². The maximum atomic E-state index is 12.8. The van der Waals surface area contributed by atoms with Crippen LogP contribution in [0.4, 0.5) is 11.4 Å². The number of benzene rings is 3. The largest absolute Gasteiger partial charge is 0.365 e. The number of hydrogen-bond acceptors (Lipinski definition) is 3. The summed E-state index contributed by atoms with van der Waals surface area (Å²) in [6, 6.07) is 20.6. The summed E-state index contributed by atoms with van der Waals surface area (Å²) in [5.41, 5.74) is 4.92. The number of anilines is 2. The first-order valence-electron chi connectivity index (χ1n) is 10.7. The van der Waals surface area contributed by atoms with Gasteiger partial charge in [0.05, 0.1) is 16.4 Å². The third-order valence-electron chi connectivity index (χ3n) is 5.70. The van der Waals surface area contributed by atoms with Gasteiger partial charge in [-0.15, -0.1) is 0 Å². The first-order valence-corrected chi connectivity index (χ1v) is 11.1. The lowest BCUT2D eigenvalue weighted by Crippen LogP contribution is -2.49. The molecule has 0 spiro atoms. The molecular weight excluding hydrogens is 422 g/mol. The molecule has 0 aliphatic carbocycles. The van der Waals surface area contributed by atoms with Crippen molar-refractivity contribution in [2.24, 2.45) is 0 Å². The molecule has 4 rings (SSSR count). The van der Waals surface area contributed by atoms with E-state index in [0.717, 1.165) is 16.8 Å². The maximum absolute atomic E-state index is 12.8. The molecule has 0 unspecified atom stereocenters. The van der Waals surface area contributed by atoms with Crippen molar-refractivity contribution in [3.63, 3.8) is 0 Å². The van der Waals surface area contributed by atoms with E-state index in [-0.39, 0.29) is 11.8 Å². The molecule has 2 amide bonds. The molecule has 0 atom stereocenters. The van der Waals surface area contributed by atoms with Gasteiger partial charge in [-0.25, -0.2) is 0 Å². The predicted octanol–water partition coefficient (Wildman–Crippen LogP) is 5.17. The van der Waals surface area contributed by atoms with E-state index >= 15 is 0 Å². The lowest BCUT2D eigenvalue weighted by Gasteiger charge is -2.37. The highest BCUT2D eigenvalue weighted by Gasteiger charge is 2.25. The number of aryl methyl sites for hydroxylation is 2. The van der Waals surface area contributed by atoms with Crippen LogP contribution in [0.2, 0.25) is 5.02 Å². The molecule has 0 radical (unpaired) electrons. The highest BCUT2D eigenvalue weighted by atomic mass is 35.5. The second-order valence-corrected chi connectivity index (χ2v) is 8.51. The van der Waals surface area contributed by atoms with Crippen LogP contribution in [0.25, 0.3) is 0 Å². The first-order chi connectivity index (χ1) is 15.4. The number of para-hydroxylation sites is 1. The van der Waals surface area contributed by atoms with Crippen LogP contribution in [0.3, 0.4) is 0 Å². The molecule has 6 heteroatoms. The number of rotatable bonds is 4. The third-order valence-corrected chi connectivity index (χ3v) is 6.00. The molecule has 3 aromatic carbocycles. The number of nitrogens with zero attached hydrogens (tertiary/aromatic N) is 2. The zero-order valence-electron chi connectivity index (χ0n) is 18.3. The Kier molecular flexibility index (Phi) is 6.47. The summed E-state index contributed by atoms with van der Waals surface area (Å²) in [5, 5.41) is 3.59. The fourth-order valence-electron chi connectivity index (χ4n) is 3.93. The lowest BCUT2D eigenvalue weighted by molar-refractivity contribution is 0.0746. The van der Waals surface area contributed by atoms with Crippen molar-refractivity contribution in [3.05, 3.63) is 94.0 Å². The minimum Gasteiger partial charge on any atom is -0.365 e. The third kappa shape index (κ3) is 4.78. The molecule has 1 aliphatic rings. The number of piperazine rings is 1. The molecule has 1 aliphatic heterocycles. The van der Waals surface area contributed by atoms with Gasteiger partial charge in [0, 0.05) is 37.3 Å². The summed E-state index contributed by atoms with van der Waals surface area (Å²) >= 11 is 6.55. The van der Waals surface area contributed by atoms with Crippen molar-refractivity contribution in [2.75, 3.05) is 36.4 Å². The SMILES string of the molecule is Cc1ccc(C(=O)N2CCN(c3c(Cl)cccc3NC(=O)c3cccc(C)c3)CC2)cc1. The van der Waals surface area contributed by atoms with E-state index in [0.29, 0.717) is 48.0 Å². The molecule has 0 saturated carbocycles. The van der Waals surface area contributed by atoms with Crippen molar-refractivity contribution in [2.45, 2.75) is 13.8 Å². The summed E-state index contributed by atoms with van der Waals surface area (Å²) < 4.78 is 0. The Morgan fingerprint density at radius 2 is 1.50 bits per heavy atom. The molecule has 32 heavy (non-hydrogen) atoms. The Bertz CT molecular complexity index is 1140. The minimum absolute atomic E-state index is 0.0387. The van der Waals surface area contributed by atoms with E-state index in [1.807, 2.05) is 79.4 Å². The van der Waals surface area contributed by atoms with E-state index in [9.17, 15) is 9.59 Å². The summed E-state index contributed by atoms with van der Waals surface area (Å²) in [7, 11) is 0. The van der Waals surface area contributed by atoms with E-state index < -0.39 is 0 Å². The molecule has 0 aromatic heterocycles. The summed E-state index contributed by atoms with van der Waals surface area (Å²) in [6.45, 7) is 6.40. The van der Waals surface area contributed by atoms with E-state index in [2.05, 4.69) is 10.2 Å². The average molecular weight is 448 g/mol. The number of hydrogen-bond donors (Lipinski definition) is 1. The highest BCUT2D eigenvalue weighted by Crippen LogP contribution is 2.35. The highest BCUT2D eigenvalue weighted by molar-refractivity contribution is 6.34. The van der Waals surface area contributed by atoms with Gasteiger partial charge in [0.2, 0.25) is 0 Å². The maximum Gasteiger partial charge on any atom is 0.255 e. The standard InChI is InChI=1S/C26H26ClN3O2/c1-18-9-11-20(12-10-18)26(32)30-15-13-29(14-16-30)24-22(27)7-4-8-23(24)28-25(31)21-6-3-5-19(2)17-21/h3-12,17H,13-16H2,1-2H3,(H,28,31). The van der Waals surface area contributed by atoms with Crippen molar-refractivity contribution in [1.29, 1.82) is 0 Å². The second-order valence-electron chi connectivity index (χ2n) is 8.10. The van der Waals surface area contributed by atoms with Crippen LogP contribution in [-0.4, -0.2) is 42.9 Å². The quantitative estimate of drug-likeness (QED) is 0.600. The van der Waals surface area contributed by atoms with Crippen LogP contribution in [0.1, 0.15) is 31.8 Å². The molecule has 3 aromatic rings. The van der Waals surface area contributed by atoms with Crippen LogP contribution in [-0.2, 0) is 0 Å². The van der Waals surface area contributed by atoms with Crippen LogP contribution in [0.5, 0.6) is 0 Å². The topological polar surface area (TPSA) is 52.7 Å². The zero-order valence-corrected chi connectivity index (χ0v) is 19.0. The molecule has 5 nitrogen and oxygen atoms in total. The summed E-state index contributed by atoms with van der Waals surface area (Å²) in [5.74, 6) is -0.137. The van der Waals surface area contributed by atoms with Gasteiger partial charge in [0.25, 0.3) is 11.8 Å². The Labute approximate surface area is 193 Å². The summed E-state index contributed by atoms with van der Waals surface area (Å²) in [4.78, 5) is 29.6. The second kappa shape index (κ2) is 9.45. The van der Waals surface area contributed by atoms with Crippen LogP contribution in [0.15, 0.2) is 66.7 Å². The van der Waals surface area contributed by atoms with Crippen LogP contribution in [0, 0.1) is 13.8 Å². The van der Waals surface area contributed by atoms with E-state index in [1.54, 1.807) is 6.07 Å². The Morgan fingerprint density at radius 1 is 0.812 bits per heavy atom. The number of carbonyl (C=O) groups excluding carboxylic acids is 2.